The van der Waals surface area contributed by atoms with Crippen molar-refractivity contribution >= 4 is 16.6 Å². The average molecular weight is 339 g/mol. The van der Waals surface area contributed by atoms with Crippen molar-refractivity contribution in [2.75, 3.05) is 32.6 Å². The Balaban J connectivity index is 1.78. The molecule has 1 aliphatic carbocycles. The van der Waals surface area contributed by atoms with Gasteiger partial charge in [-0.2, -0.15) is 0 Å². The van der Waals surface area contributed by atoms with E-state index in [1.807, 2.05) is 6.07 Å². The third-order valence-corrected chi connectivity index (χ3v) is 5.79. The van der Waals surface area contributed by atoms with Crippen molar-refractivity contribution in [2.45, 2.75) is 51.0 Å². The smallest absolute Gasteiger partial charge is 0.119 e. The van der Waals surface area contributed by atoms with Gasteiger partial charge in [0, 0.05) is 22.8 Å². The van der Waals surface area contributed by atoms with Crippen molar-refractivity contribution in [3.05, 3.63) is 29.5 Å². The van der Waals surface area contributed by atoms with E-state index in [2.05, 4.69) is 29.4 Å². The maximum Gasteiger partial charge on any atom is 0.119 e. The van der Waals surface area contributed by atoms with Gasteiger partial charge in [-0.15, -0.1) is 0 Å². The Morgan fingerprint density at radius 1 is 1.12 bits per heavy atom. The first-order valence-electron chi connectivity index (χ1n) is 9.69. The summed E-state index contributed by atoms with van der Waals surface area (Å²) in [5.41, 5.74) is 5.19. The van der Waals surface area contributed by atoms with Crippen LogP contribution in [0.5, 0.6) is 5.75 Å². The molecule has 0 unspecified atom stereocenters. The third kappa shape index (κ3) is 3.45. The molecule has 2 aromatic rings. The molecule has 0 saturated carbocycles. The van der Waals surface area contributed by atoms with Crippen LogP contribution >= 0.6 is 0 Å². The molecule has 0 bridgehead atoms. The Hall–Kier alpha value is -1.81. The van der Waals surface area contributed by atoms with Gasteiger partial charge in [0.1, 0.15) is 5.75 Å². The van der Waals surface area contributed by atoms with Crippen LogP contribution in [0.15, 0.2) is 18.2 Å². The zero-order chi connectivity index (χ0) is 17.2. The molecule has 1 saturated heterocycles. The van der Waals surface area contributed by atoms with Crippen molar-refractivity contribution < 1.29 is 4.74 Å². The lowest BCUT2D eigenvalue weighted by molar-refractivity contribution is 0.264. The molecule has 0 spiro atoms. The number of piperidine rings is 1. The number of hydrogen-bond donors (Lipinski definition) is 1. The van der Waals surface area contributed by atoms with Crippen LogP contribution in [0.1, 0.15) is 43.4 Å². The van der Waals surface area contributed by atoms with E-state index in [0.29, 0.717) is 6.04 Å². The summed E-state index contributed by atoms with van der Waals surface area (Å²) in [6.07, 6.45) is 8.51. The molecule has 0 amide bonds. The second-order valence-electron chi connectivity index (χ2n) is 7.58. The summed E-state index contributed by atoms with van der Waals surface area (Å²) in [6, 6.07) is 6.85. The van der Waals surface area contributed by atoms with Crippen LogP contribution in [0, 0.1) is 0 Å². The van der Waals surface area contributed by atoms with E-state index in [1.54, 1.807) is 7.11 Å². The number of methoxy groups -OCH3 is 1. The summed E-state index contributed by atoms with van der Waals surface area (Å²) < 4.78 is 5.49. The number of fused-ring (bicyclic) bond motifs is 2. The van der Waals surface area contributed by atoms with Crippen LogP contribution in [0.4, 0.5) is 5.69 Å². The normalized spacial score (nSPS) is 19.4. The van der Waals surface area contributed by atoms with E-state index in [1.165, 1.54) is 67.5 Å². The van der Waals surface area contributed by atoms with Gasteiger partial charge in [0.05, 0.1) is 12.6 Å². The minimum absolute atomic E-state index is 0.556. The number of likely N-dealkylation sites (tertiary alicyclic amines) is 1. The number of benzene rings is 1. The summed E-state index contributed by atoms with van der Waals surface area (Å²) >= 11 is 0. The highest BCUT2D eigenvalue weighted by Gasteiger charge is 2.22. The summed E-state index contributed by atoms with van der Waals surface area (Å²) in [7, 11) is 3.96. The lowest BCUT2D eigenvalue weighted by Gasteiger charge is -2.31. The zero-order valence-electron chi connectivity index (χ0n) is 15.5. The minimum atomic E-state index is 0.556. The molecule has 2 heterocycles. The van der Waals surface area contributed by atoms with Gasteiger partial charge in [0.15, 0.2) is 0 Å². The molecule has 4 nitrogen and oxygen atoms in total. The zero-order valence-corrected chi connectivity index (χ0v) is 15.5. The lowest BCUT2D eigenvalue weighted by atomic mass is 9.99. The van der Waals surface area contributed by atoms with Crippen LogP contribution in [0.3, 0.4) is 0 Å². The number of ether oxygens (including phenoxy) is 1. The van der Waals surface area contributed by atoms with Gasteiger partial charge in [-0.05, 0) is 82.4 Å². The Morgan fingerprint density at radius 3 is 2.72 bits per heavy atom. The van der Waals surface area contributed by atoms with Gasteiger partial charge in [0.2, 0.25) is 0 Å². The fourth-order valence-electron chi connectivity index (χ4n) is 4.23. The molecule has 1 aromatic heterocycles. The Morgan fingerprint density at radius 2 is 1.92 bits per heavy atom. The van der Waals surface area contributed by atoms with Gasteiger partial charge in [-0.1, -0.05) is 6.42 Å². The fourth-order valence-corrected chi connectivity index (χ4v) is 4.23. The van der Waals surface area contributed by atoms with Crippen molar-refractivity contribution in [1.82, 2.24) is 9.88 Å². The Labute approximate surface area is 150 Å². The van der Waals surface area contributed by atoms with E-state index in [0.717, 1.165) is 24.1 Å². The van der Waals surface area contributed by atoms with Gasteiger partial charge < -0.3 is 15.0 Å². The molecule has 1 aromatic carbocycles. The summed E-state index contributed by atoms with van der Waals surface area (Å²) in [5, 5.41) is 5.15. The maximum absolute atomic E-state index is 5.49. The van der Waals surface area contributed by atoms with Crippen molar-refractivity contribution in [2.24, 2.45) is 0 Å². The second kappa shape index (κ2) is 7.20. The molecule has 2 aliphatic rings. The average Bonchev–Trinajstić information content (AvgIpc) is 2.88. The van der Waals surface area contributed by atoms with Gasteiger partial charge in [-0.3, -0.25) is 4.98 Å². The maximum atomic E-state index is 5.49. The van der Waals surface area contributed by atoms with Crippen LogP contribution in [0.2, 0.25) is 0 Å². The number of rotatable bonds is 3. The summed E-state index contributed by atoms with van der Waals surface area (Å²) in [5.74, 6) is 0.911. The first-order chi connectivity index (χ1) is 12.2. The van der Waals surface area contributed by atoms with E-state index < -0.39 is 0 Å². The van der Waals surface area contributed by atoms with E-state index in [-0.39, 0.29) is 0 Å². The predicted molar refractivity (Wildman–Crippen MR) is 104 cm³/mol. The fraction of sp³-hybridized carbons (Fsp3) is 0.571. The van der Waals surface area contributed by atoms with Gasteiger partial charge in [-0.25, -0.2) is 0 Å². The molecule has 4 heteroatoms. The predicted octanol–water partition coefficient (Wildman–Crippen LogP) is 4.02. The van der Waals surface area contributed by atoms with E-state index >= 15 is 0 Å². The number of anilines is 1. The first-order valence-corrected chi connectivity index (χ1v) is 9.69. The highest BCUT2D eigenvalue weighted by Crippen LogP contribution is 2.35. The van der Waals surface area contributed by atoms with Crippen LogP contribution < -0.4 is 10.1 Å². The number of aromatic nitrogens is 1. The molecule has 134 valence electrons. The second-order valence-corrected chi connectivity index (χ2v) is 7.58. The molecule has 0 radical (unpaired) electrons. The van der Waals surface area contributed by atoms with Gasteiger partial charge >= 0.3 is 0 Å². The number of hydrogen-bond acceptors (Lipinski definition) is 4. The molecule has 25 heavy (non-hydrogen) atoms. The highest BCUT2D eigenvalue weighted by molar-refractivity contribution is 5.94. The largest absolute Gasteiger partial charge is 0.497 e. The minimum Gasteiger partial charge on any atom is -0.497 e. The van der Waals surface area contributed by atoms with E-state index in [4.69, 9.17) is 9.72 Å². The Bertz CT molecular complexity index is 750. The number of nitrogens with zero attached hydrogens (tertiary/aromatic N) is 2. The van der Waals surface area contributed by atoms with Crippen molar-refractivity contribution in [3.63, 3.8) is 0 Å². The molecular formula is C21H29N3O. The van der Waals surface area contributed by atoms with Crippen LogP contribution in [-0.2, 0) is 12.8 Å². The van der Waals surface area contributed by atoms with Gasteiger partial charge in [0.25, 0.3) is 0 Å². The number of pyridine rings is 1. The highest BCUT2D eigenvalue weighted by atomic mass is 16.5. The van der Waals surface area contributed by atoms with Crippen molar-refractivity contribution in [3.8, 4) is 5.75 Å². The Kier molecular flexibility index (Phi) is 4.80. The summed E-state index contributed by atoms with van der Waals surface area (Å²) in [4.78, 5) is 7.44. The monoisotopic (exact) mass is 339 g/mol. The standard InChI is InChI=1S/C21H29N3O/c1-24-12-10-15(11-13-24)22-21-17-6-4-3-5-7-19(17)23-20-9-8-16(25-2)14-18(20)21/h8-9,14-15H,3-7,10-13H2,1-2H3,(H,22,23). The topological polar surface area (TPSA) is 37.4 Å². The number of nitrogens with one attached hydrogen (secondary N) is 1. The number of aryl methyl sites for hydroxylation is 1. The molecular weight excluding hydrogens is 310 g/mol. The van der Waals surface area contributed by atoms with Crippen LogP contribution in [-0.4, -0.2) is 43.2 Å². The summed E-state index contributed by atoms with van der Waals surface area (Å²) in [6.45, 7) is 2.35. The SMILES string of the molecule is COc1ccc2nc3c(c(NC4CCN(C)CC4)c2c1)CCCCC3. The van der Waals surface area contributed by atoms with E-state index in [9.17, 15) is 0 Å². The van der Waals surface area contributed by atoms with Crippen LogP contribution in [0.25, 0.3) is 10.9 Å². The molecule has 4 rings (SSSR count). The third-order valence-electron chi connectivity index (χ3n) is 5.79. The first kappa shape index (κ1) is 16.6. The molecule has 0 atom stereocenters. The lowest BCUT2D eigenvalue weighted by Crippen LogP contribution is -2.37. The van der Waals surface area contributed by atoms with Crippen molar-refractivity contribution in [1.29, 1.82) is 0 Å². The molecule has 1 aliphatic heterocycles. The molecule has 1 N–H and O–H groups in total. The quantitative estimate of drug-likeness (QED) is 0.857. The molecule has 1 fully saturated rings.